The highest BCUT2D eigenvalue weighted by molar-refractivity contribution is 5.95. The number of nitrogens with zero attached hydrogens (tertiary/aromatic N) is 1. The predicted octanol–water partition coefficient (Wildman–Crippen LogP) is 3.63. The van der Waals surface area contributed by atoms with Crippen molar-refractivity contribution in [1.29, 1.82) is 0 Å². The first-order valence-corrected chi connectivity index (χ1v) is 8.93. The Kier molecular flexibility index (Phi) is 6.61. The van der Waals surface area contributed by atoms with E-state index < -0.39 is 30.0 Å². The summed E-state index contributed by atoms with van der Waals surface area (Å²) in [6.45, 7) is 0.0957. The zero-order valence-electron chi connectivity index (χ0n) is 16.0. The second kappa shape index (κ2) is 9.37. The number of hydrogen-bond donors (Lipinski definition) is 3. The van der Waals surface area contributed by atoms with Crippen LogP contribution in [0.5, 0.6) is 11.5 Å². The smallest absolute Gasteiger partial charge is 0.485 e. The number of aliphatic carboxylic acids is 1. The van der Waals surface area contributed by atoms with Gasteiger partial charge >= 0.3 is 12.1 Å². The molecule has 0 spiro atoms. The van der Waals surface area contributed by atoms with E-state index in [9.17, 15) is 22.4 Å². The van der Waals surface area contributed by atoms with Gasteiger partial charge in [-0.25, -0.2) is 9.18 Å². The SMILES string of the molecule is O=C(Nc1ccc(-c2cn[nH]c2)c(F)c1)C1COc2ccccc2O1.O=C(O)C(F)(F)F. The molecule has 0 fully saturated rings. The van der Waals surface area contributed by atoms with Crippen LogP contribution in [-0.4, -0.2) is 46.1 Å². The number of hydrogen-bond acceptors (Lipinski definition) is 5. The predicted molar refractivity (Wildman–Crippen MR) is 103 cm³/mol. The maximum Gasteiger partial charge on any atom is 0.490 e. The van der Waals surface area contributed by atoms with Crippen molar-refractivity contribution < 1.29 is 41.7 Å². The number of anilines is 1. The lowest BCUT2D eigenvalue weighted by Crippen LogP contribution is -2.40. The quantitative estimate of drug-likeness (QED) is 0.522. The fourth-order valence-electron chi connectivity index (χ4n) is 2.60. The zero-order valence-corrected chi connectivity index (χ0v) is 16.0. The Morgan fingerprint density at radius 3 is 2.44 bits per heavy atom. The van der Waals surface area contributed by atoms with E-state index in [2.05, 4.69) is 15.5 Å². The van der Waals surface area contributed by atoms with Crippen molar-refractivity contribution in [2.24, 2.45) is 0 Å². The molecule has 2 heterocycles. The number of carbonyl (C=O) groups excluding carboxylic acids is 1. The molecule has 4 rings (SSSR count). The van der Waals surface area contributed by atoms with Crippen LogP contribution in [0.4, 0.5) is 23.2 Å². The molecule has 2 aromatic carbocycles. The summed E-state index contributed by atoms with van der Waals surface area (Å²) >= 11 is 0. The largest absolute Gasteiger partial charge is 0.490 e. The summed E-state index contributed by atoms with van der Waals surface area (Å²) in [5, 5.41) is 16.2. The molecule has 0 aliphatic carbocycles. The number of para-hydroxylation sites is 2. The summed E-state index contributed by atoms with van der Waals surface area (Å²) in [6.07, 6.45) is -2.76. The minimum Gasteiger partial charge on any atom is -0.485 e. The molecule has 1 aliphatic rings. The molecule has 1 amide bonds. The molecule has 1 unspecified atom stereocenters. The van der Waals surface area contributed by atoms with Crippen molar-refractivity contribution in [3.05, 3.63) is 60.7 Å². The third kappa shape index (κ3) is 5.53. The molecule has 1 atom stereocenters. The van der Waals surface area contributed by atoms with Gasteiger partial charge in [-0.2, -0.15) is 18.3 Å². The van der Waals surface area contributed by atoms with Crippen LogP contribution >= 0.6 is 0 Å². The first-order chi connectivity index (χ1) is 15.1. The summed E-state index contributed by atoms with van der Waals surface area (Å²) in [5.74, 6) is -2.50. The van der Waals surface area contributed by atoms with E-state index in [0.717, 1.165) is 0 Å². The number of carboxylic acids is 1. The van der Waals surface area contributed by atoms with E-state index in [-0.39, 0.29) is 6.61 Å². The molecule has 12 heteroatoms. The van der Waals surface area contributed by atoms with Crippen LogP contribution in [0.3, 0.4) is 0 Å². The Bertz CT molecular complexity index is 1100. The van der Waals surface area contributed by atoms with Gasteiger partial charge in [0.05, 0.1) is 6.20 Å². The number of benzene rings is 2. The number of ether oxygens (including phenoxy) is 2. The topological polar surface area (TPSA) is 114 Å². The molecule has 3 aromatic rings. The minimum absolute atomic E-state index is 0.0957. The lowest BCUT2D eigenvalue weighted by atomic mass is 10.1. The van der Waals surface area contributed by atoms with Gasteiger partial charge in [0.15, 0.2) is 11.5 Å². The summed E-state index contributed by atoms with van der Waals surface area (Å²) < 4.78 is 57.1. The van der Waals surface area contributed by atoms with Gasteiger partial charge in [-0.3, -0.25) is 9.89 Å². The van der Waals surface area contributed by atoms with Crippen molar-refractivity contribution in [2.45, 2.75) is 12.3 Å². The lowest BCUT2D eigenvalue weighted by Gasteiger charge is -2.25. The molecule has 168 valence electrons. The summed E-state index contributed by atoms with van der Waals surface area (Å²) in [5.41, 5.74) is 1.38. The molecule has 32 heavy (non-hydrogen) atoms. The molecule has 0 radical (unpaired) electrons. The number of aromatic amines is 1. The zero-order chi connectivity index (χ0) is 23.3. The highest BCUT2D eigenvalue weighted by atomic mass is 19.4. The maximum atomic E-state index is 14.3. The molecule has 3 N–H and O–H groups in total. The van der Waals surface area contributed by atoms with Crippen molar-refractivity contribution in [2.75, 3.05) is 11.9 Å². The van der Waals surface area contributed by atoms with Crippen LogP contribution in [0, 0.1) is 5.82 Å². The second-order valence-corrected chi connectivity index (χ2v) is 6.34. The fourth-order valence-corrected chi connectivity index (χ4v) is 2.60. The second-order valence-electron chi connectivity index (χ2n) is 6.34. The van der Waals surface area contributed by atoms with Gasteiger partial charge in [0.25, 0.3) is 5.91 Å². The Balaban J connectivity index is 0.000000360. The summed E-state index contributed by atoms with van der Waals surface area (Å²) in [4.78, 5) is 21.2. The van der Waals surface area contributed by atoms with Crippen LogP contribution in [0.1, 0.15) is 0 Å². The average molecular weight is 453 g/mol. The Morgan fingerprint density at radius 2 is 1.84 bits per heavy atom. The van der Waals surface area contributed by atoms with E-state index >= 15 is 0 Å². The number of fused-ring (bicyclic) bond motifs is 1. The molecule has 0 bridgehead atoms. The first-order valence-electron chi connectivity index (χ1n) is 8.93. The van der Waals surface area contributed by atoms with Gasteiger partial charge in [-0.15, -0.1) is 0 Å². The number of carbonyl (C=O) groups is 2. The van der Waals surface area contributed by atoms with Gasteiger partial charge in [-0.05, 0) is 30.3 Å². The molecule has 0 saturated carbocycles. The third-order valence-electron chi connectivity index (χ3n) is 4.09. The number of alkyl halides is 3. The van der Waals surface area contributed by atoms with Crippen molar-refractivity contribution in [1.82, 2.24) is 10.2 Å². The van der Waals surface area contributed by atoms with E-state index in [1.807, 2.05) is 6.07 Å². The molecular formula is C20H15F4N3O5. The molecule has 8 nitrogen and oxygen atoms in total. The van der Waals surface area contributed by atoms with E-state index in [0.29, 0.717) is 28.3 Å². The number of halogens is 4. The lowest BCUT2D eigenvalue weighted by molar-refractivity contribution is -0.192. The van der Waals surface area contributed by atoms with Crippen LogP contribution in [0.2, 0.25) is 0 Å². The van der Waals surface area contributed by atoms with Crippen LogP contribution in [0.15, 0.2) is 54.9 Å². The van der Waals surface area contributed by atoms with Crippen LogP contribution in [0.25, 0.3) is 11.1 Å². The number of carboxylic acid groups (broad SMARTS) is 1. The van der Waals surface area contributed by atoms with Gasteiger partial charge in [0.1, 0.15) is 12.4 Å². The highest BCUT2D eigenvalue weighted by Crippen LogP contribution is 2.31. The molecule has 1 aromatic heterocycles. The number of nitrogens with one attached hydrogen (secondary N) is 2. The van der Waals surface area contributed by atoms with Crippen molar-refractivity contribution in [3.63, 3.8) is 0 Å². The van der Waals surface area contributed by atoms with Crippen molar-refractivity contribution in [3.8, 4) is 22.6 Å². The van der Waals surface area contributed by atoms with Gasteiger partial charge < -0.3 is 19.9 Å². The monoisotopic (exact) mass is 453 g/mol. The summed E-state index contributed by atoms with van der Waals surface area (Å²) in [7, 11) is 0. The minimum atomic E-state index is -5.08. The first kappa shape index (κ1) is 22.6. The van der Waals surface area contributed by atoms with E-state index in [4.69, 9.17) is 19.4 Å². The Hall–Kier alpha value is -4.09. The van der Waals surface area contributed by atoms with Gasteiger partial charge in [-0.1, -0.05) is 12.1 Å². The molecular weight excluding hydrogens is 438 g/mol. The Labute approximate surface area is 177 Å². The molecule has 1 aliphatic heterocycles. The van der Waals surface area contributed by atoms with Crippen LogP contribution < -0.4 is 14.8 Å². The van der Waals surface area contributed by atoms with Crippen LogP contribution in [-0.2, 0) is 9.59 Å². The van der Waals surface area contributed by atoms with E-state index in [1.54, 1.807) is 36.5 Å². The number of H-pyrrole nitrogens is 1. The average Bonchev–Trinajstić information content (AvgIpc) is 3.28. The number of amides is 1. The molecule has 0 saturated heterocycles. The highest BCUT2D eigenvalue weighted by Gasteiger charge is 2.38. The van der Waals surface area contributed by atoms with E-state index in [1.165, 1.54) is 12.3 Å². The normalized spacial score (nSPS) is 14.7. The van der Waals surface area contributed by atoms with Gasteiger partial charge in [0.2, 0.25) is 6.10 Å². The number of rotatable bonds is 3. The maximum absolute atomic E-state index is 14.3. The standard InChI is InChI=1S/C18H14FN3O3.C2HF3O2/c19-14-7-12(5-6-13(14)11-8-20-21-9-11)22-18(23)17-10-24-15-3-1-2-4-16(15)25-17;3-2(4,5)1(6)7/h1-9,17H,10H2,(H,20,21)(H,22,23);(H,6,7). The fraction of sp³-hybridized carbons (Fsp3) is 0.150. The number of aromatic nitrogens is 2. The van der Waals surface area contributed by atoms with Crippen molar-refractivity contribution >= 4 is 17.6 Å². The Morgan fingerprint density at radius 1 is 1.16 bits per heavy atom. The van der Waals surface area contributed by atoms with Gasteiger partial charge in [0, 0.05) is 23.0 Å². The summed E-state index contributed by atoms with van der Waals surface area (Å²) in [6, 6.07) is 11.6. The third-order valence-corrected chi connectivity index (χ3v) is 4.09.